The second-order valence-electron chi connectivity index (χ2n) is 32.3. The SMILES string of the molecule is CC(C)C(=O)N1CCOC(CCN)C1.CC(C)C(=O)N1CCOC(CCNc2ccc(S(=O)(=O)NC(=O)c3ccc(N4CCN(CC5=C(c6ccc(C(F)(F)F)cc6Cl)CC(C)(C)CC5)CC4)cc3Oc3cnc4[nH]ccc4c3)cc2[N+](=O)[O-])C1.CC(C)C(=O)N1CCOC(CCNc2ccc(S(N)(=O)=O)cc2[N+](=O)[O-])C1.NS(=O)(=O)c1ccc(F)c([N+](=O)[O-])c1. The van der Waals surface area contributed by atoms with E-state index in [1.54, 1.807) is 40.3 Å². The molecule has 0 bridgehead atoms. The molecule has 4 amide bonds. The number of amides is 4. The van der Waals surface area contributed by atoms with Crippen LogP contribution in [0.3, 0.4) is 0 Å². The number of morpholine rings is 3. The number of carbonyl (C=O) groups is 4. The van der Waals surface area contributed by atoms with Crippen molar-refractivity contribution in [2.75, 3.05) is 127 Å². The van der Waals surface area contributed by atoms with E-state index in [2.05, 4.69) is 49.0 Å². The number of aromatic amines is 1. The minimum atomic E-state index is -4.67. The van der Waals surface area contributed by atoms with E-state index in [9.17, 15) is 92.3 Å². The lowest BCUT2D eigenvalue weighted by molar-refractivity contribution is -0.387. The van der Waals surface area contributed by atoms with E-state index < -0.39 is 89.5 Å². The number of alkyl halides is 3. The second kappa shape index (κ2) is 43.3. The minimum absolute atomic E-state index is 0.0184. The third-order valence-electron chi connectivity index (χ3n) is 21.3. The van der Waals surface area contributed by atoms with E-state index in [0.717, 1.165) is 72.7 Å². The van der Waals surface area contributed by atoms with Gasteiger partial charge in [-0.25, -0.2) is 45.2 Å². The molecule has 7 aromatic rings. The van der Waals surface area contributed by atoms with Gasteiger partial charge < -0.3 is 59.9 Å². The van der Waals surface area contributed by atoms with Gasteiger partial charge in [-0.05, 0) is 134 Å². The van der Waals surface area contributed by atoms with Crippen molar-refractivity contribution in [2.24, 2.45) is 39.2 Å². The predicted molar refractivity (Wildman–Crippen MR) is 462 cm³/mol. The first-order chi connectivity index (χ1) is 59.2. The lowest BCUT2D eigenvalue weighted by atomic mass is 9.72. The molecule has 36 nitrogen and oxygen atoms in total. The third kappa shape index (κ3) is 27.5. The Kier molecular flexibility index (Phi) is 34.0. The maximum atomic E-state index is 14.0. The van der Waals surface area contributed by atoms with Crippen LogP contribution in [-0.4, -0.2) is 223 Å². The molecule has 10 N–H and O–H groups in total. The van der Waals surface area contributed by atoms with Crippen molar-refractivity contribution in [3.63, 3.8) is 0 Å². The molecule has 5 aromatic carbocycles. The van der Waals surface area contributed by atoms with E-state index in [4.69, 9.17) is 46.6 Å². The quantitative estimate of drug-likeness (QED) is 0.0143. The maximum Gasteiger partial charge on any atom is 0.416 e. The molecule has 5 aliphatic rings. The second-order valence-corrected chi connectivity index (χ2v) is 37.5. The average molecular weight is 1840 g/mol. The first-order valence-electron chi connectivity index (χ1n) is 40.5. The first-order valence-corrected chi connectivity index (χ1v) is 45.5. The van der Waals surface area contributed by atoms with Gasteiger partial charge in [-0.15, -0.1) is 0 Å². The van der Waals surface area contributed by atoms with Gasteiger partial charge in [0.2, 0.25) is 43.6 Å². The molecule has 6 heterocycles. The number of nitrogens with zero attached hydrogens (tertiary/aromatic N) is 9. The number of nitro benzene ring substituents is 3. The number of hydrogen-bond donors (Lipinski definition) is 7. The van der Waals surface area contributed by atoms with E-state index in [0.29, 0.717) is 147 Å². The van der Waals surface area contributed by atoms with Crippen LogP contribution >= 0.6 is 11.6 Å². The summed E-state index contributed by atoms with van der Waals surface area (Å²) in [5, 5.41) is 50.1. The molecule has 686 valence electrons. The molecule has 126 heavy (non-hydrogen) atoms. The number of nitrogens with two attached hydrogens (primary N) is 3. The van der Waals surface area contributed by atoms with Gasteiger partial charge in [-0.3, -0.25) is 54.4 Å². The van der Waals surface area contributed by atoms with Gasteiger partial charge in [0.15, 0.2) is 0 Å². The van der Waals surface area contributed by atoms with Gasteiger partial charge in [0.05, 0.1) is 84.9 Å². The number of aromatic nitrogens is 2. The van der Waals surface area contributed by atoms with Crippen molar-refractivity contribution in [1.29, 1.82) is 0 Å². The number of anilines is 3. The number of benzene rings is 5. The molecule has 3 unspecified atom stereocenters. The van der Waals surface area contributed by atoms with Crippen LogP contribution in [-0.2, 0) is 64.8 Å². The number of nitro groups is 3. The summed E-state index contributed by atoms with van der Waals surface area (Å²) in [6.45, 7) is 24.5. The van der Waals surface area contributed by atoms with Crippen molar-refractivity contribution in [1.82, 2.24) is 34.3 Å². The van der Waals surface area contributed by atoms with Gasteiger partial charge in [0.1, 0.15) is 28.5 Å². The predicted octanol–water partition coefficient (Wildman–Crippen LogP) is 11.1. The number of H-pyrrole nitrogens is 1. The van der Waals surface area contributed by atoms with Gasteiger partial charge >= 0.3 is 11.9 Å². The Hall–Kier alpha value is -10.6. The first kappa shape index (κ1) is 99.2. The zero-order chi connectivity index (χ0) is 92.5. The molecule has 4 saturated heterocycles. The number of hydrogen-bond acceptors (Lipinski definition) is 26. The molecular formula is C82H105ClF4N16O20S3. The Morgan fingerprint density at radius 2 is 1.13 bits per heavy atom. The molecule has 0 radical (unpaired) electrons. The normalized spacial score (nSPS) is 17.7. The van der Waals surface area contributed by atoms with Gasteiger partial charge in [-0.2, -0.15) is 17.6 Å². The summed E-state index contributed by atoms with van der Waals surface area (Å²) in [6, 6.07) is 20.8. The topological polar surface area (TPSA) is 496 Å². The highest BCUT2D eigenvalue weighted by atomic mass is 35.5. The Bertz CT molecular complexity index is 5510. The molecule has 4 aliphatic heterocycles. The molecule has 0 spiro atoms. The molecule has 12 rings (SSSR count). The molecule has 44 heteroatoms. The Morgan fingerprint density at radius 3 is 1.62 bits per heavy atom. The van der Waals surface area contributed by atoms with Crippen LogP contribution < -0.4 is 41.0 Å². The number of piperazine rings is 1. The largest absolute Gasteiger partial charge is 0.455 e. The number of carbonyl (C=O) groups excluding carboxylic acids is 4. The molecule has 0 saturated carbocycles. The molecule has 2 aromatic heterocycles. The van der Waals surface area contributed by atoms with E-state index in [-0.39, 0.29) is 110 Å². The number of halogens is 5. The van der Waals surface area contributed by atoms with Crippen LogP contribution in [0, 0.1) is 59.3 Å². The van der Waals surface area contributed by atoms with Crippen LogP contribution in [0.25, 0.3) is 16.6 Å². The lowest BCUT2D eigenvalue weighted by Crippen LogP contribution is -2.47. The molecule has 3 atom stereocenters. The average Bonchev–Trinajstić information content (AvgIpc) is 0.900. The van der Waals surface area contributed by atoms with Crippen LogP contribution in [0.2, 0.25) is 5.02 Å². The van der Waals surface area contributed by atoms with Crippen molar-refractivity contribution >= 4 is 116 Å². The number of ether oxygens (including phenoxy) is 4. The Labute approximate surface area is 731 Å². The summed E-state index contributed by atoms with van der Waals surface area (Å²) in [7, 11) is -12.7. The Balaban J connectivity index is 0.000000261. The lowest BCUT2D eigenvalue weighted by Gasteiger charge is -2.39. The third-order valence-corrected chi connectivity index (χ3v) is 24.8. The van der Waals surface area contributed by atoms with E-state index >= 15 is 0 Å². The van der Waals surface area contributed by atoms with Gasteiger partial charge in [0.25, 0.3) is 27.3 Å². The number of primary sulfonamides is 2. The minimum Gasteiger partial charge on any atom is -0.455 e. The molecular weight excluding hydrogens is 1740 g/mol. The summed E-state index contributed by atoms with van der Waals surface area (Å²) < 4.78 is 150. The number of sulfonamides is 3. The standard InChI is InChI=1S/C50H56ClF3N8O8S.C16H24N4O6S.C10H20N2O2.C6H5FN2O4S/c1-31(2)48(64)61-21-22-69-36(30-61)13-16-55-43-10-7-38(26-44(43)62(65)66)71(67,68)58-47(63)40-9-6-35(25-45(40)70-37-23-32-12-15-56-46(32)57-28-37)60-19-17-59(18-20-60)29-33-11-14-49(3,4)27-41(33)39-8-5-34(24-42(39)51)50(52,53)54;1-11(2)16(21)19-7-8-26-12(10-19)5-6-18-14-4-3-13(27(17,24)25)9-15(14)20(22)23;1-8(2)10(13)12-5-6-14-9(7-12)3-4-11;7-5-2-1-4(14(8,12)13)3-6(5)9(10)11/h5-10,12,15,23-26,28,31,36,55H,11,13-14,16-22,27,29-30H2,1-4H3,(H,56,57)(H,58,63);3-4,9,11-12,18H,5-8,10H2,1-2H3,(H2,17,24,25);8-9H,3-7,11H2,1-2H3;1-3H,(H2,8,12,13). The summed E-state index contributed by atoms with van der Waals surface area (Å²) in [6.07, 6.45) is 2.53. The van der Waals surface area contributed by atoms with Crippen LogP contribution in [0.1, 0.15) is 115 Å². The van der Waals surface area contributed by atoms with Crippen molar-refractivity contribution in [3.05, 3.63) is 179 Å². The zero-order valence-electron chi connectivity index (χ0n) is 70.7. The van der Waals surface area contributed by atoms with Crippen molar-refractivity contribution < 1.29 is 95.7 Å². The number of pyridine rings is 1. The van der Waals surface area contributed by atoms with Crippen molar-refractivity contribution in [2.45, 2.75) is 133 Å². The monoisotopic (exact) mass is 1840 g/mol. The fourth-order valence-corrected chi connectivity index (χ4v) is 16.9. The summed E-state index contributed by atoms with van der Waals surface area (Å²) in [5.74, 6) is -1.70. The number of fused-ring (bicyclic) bond motifs is 1. The fraction of sp³-hybridized carbons (Fsp3) is 0.476. The van der Waals surface area contributed by atoms with Gasteiger partial charge in [0, 0.05) is 149 Å². The van der Waals surface area contributed by atoms with Crippen LogP contribution in [0.15, 0.2) is 136 Å². The fourth-order valence-electron chi connectivity index (χ4n) is 14.6. The highest BCUT2D eigenvalue weighted by molar-refractivity contribution is 7.90. The highest BCUT2D eigenvalue weighted by Crippen LogP contribution is 2.46. The number of nitrogens with one attached hydrogen (secondary N) is 4. The molecule has 1 aliphatic carbocycles. The highest BCUT2D eigenvalue weighted by Gasteiger charge is 2.37. The summed E-state index contributed by atoms with van der Waals surface area (Å²) >= 11 is 6.54. The van der Waals surface area contributed by atoms with Crippen LogP contribution in [0.4, 0.5) is 51.7 Å². The van der Waals surface area contributed by atoms with Gasteiger partial charge in [-0.1, -0.05) is 78.6 Å². The van der Waals surface area contributed by atoms with Crippen LogP contribution in [0.5, 0.6) is 11.5 Å². The molecule has 4 fully saturated rings. The van der Waals surface area contributed by atoms with E-state index in [1.807, 2.05) is 46.4 Å². The zero-order valence-corrected chi connectivity index (χ0v) is 73.9. The Morgan fingerprint density at radius 1 is 0.643 bits per heavy atom. The number of rotatable bonds is 27. The van der Waals surface area contributed by atoms with E-state index in [1.165, 1.54) is 42.6 Å². The summed E-state index contributed by atoms with van der Waals surface area (Å²) in [5.41, 5.74) is 6.97. The maximum absolute atomic E-state index is 14.0. The summed E-state index contributed by atoms with van der Waals surface area (Å²) in [4.78, 5) is 97.4. The smallest absolute Gasteiger partial charge is 0.416 e. The van der Waals surface area contributed by atoms with Crippen molar-refractivity contribution in [3.8, 4) is 11.5 Å². The number of allylic oxidation sites excluding steroid dienone is 1.